The molecule has 128 valence electrons. The molecular formula is C19H17FN2O2S. The van der Waals surface area contributed by atoms with Crippen LogP contribution in [0, 0.1) is 12.7 Å². The summed E-state index contributed by atoms with van der Waals surface area (Å²) in [6, 6.07) is 13.7. The maximum atomic E-state index is 13.6. The first-order chi connectivity index (χ1) is 12.1. The van der Waals surface area contributed by atoms with Crippen molar-refractivity contribution in [3.8, 4) is 16.3 Å². The third-order valence-electron chi connectivity index (χ3n) is 3.70. The van der Waals surface area contributed by atoms with Crippen LogP contribution in [0.3, 0.4) is 0 Å². The molecule has 0 radical (unpaired) electrons. The van der Waals surface area contributed by atoms with E-state index in [1.807, 2.05) is 31.2 Å². The molecule has 0 saturated heterocycles. The number of halogens is 1. The van der Waals surface area contributed by atoms with Crippen molar-refractivity contribution in [2.75, 3.05) is 12.4 Å². The molecule has 4 nitrogen and oxygen atoms in total. The molecule has 0 spiro atoms. The van der Waals surface area contributed by atoms with Crippen molar-refractivity contribution in [3.63, 3.8) is 0 Å². The fraction of sp³-hybridized carbons (Fsp3) is 0.158. The van der Waals surface area contributed by atoms with Crippen LogP contribution >= 0.6 is 11.3 Å². The lowest BCUT2D eigenvalue weighted by Crippen LogP contribution is -2.15. The number of ether oxygens (including phenoxy) is 1. The van der Waals surface area contributed by atoms with E-state index in [9.17, 15) is 9.18 Å². The Kier molecular flexibility index (Phi) is 5.09. The monoisotopic (exact) mass is 356 g/mol. The molecular weight excluding hydrogens is 339 g/mol. The second kappa shape index (κ2) is 7.44. The van der Waals surface area contributed by atoms with Crippen LogP contribution in [0.25, 0.3) is 10.6 Å². The lowest BCUT2D eigenvalue weighted by Gasteiger charge is -2.05. The average molecular weight is 356 g/mol. The minimum absolute atomic E-state index is 0.161. The smallest absolute Gasteiger partial charge is 0.229 e. The molecule has 0 saturated carbocycles. The molecule has 1 amide bonds. The van der Waals surface area contributed by atoms with Gasteiger partial charge in [-0.25, -0.2) is 9.37 Å². The summed E-state index contributed by atoms with van der Waals surface area (Å²) in [6.45, 7) is 1.87. The molecule has 0 aliphatic heterocycles. The van der Waals surface area contributed by atoms with Gasteiger partial charge in [0.15, 0.2) is 0 Å². The van der Waals surface area contributed by atoms with E-state index in [1.165, 1.54) is 23.5 Å². The van der Waals surface area contributed by atoms with E-state index in [-0.39, 0.29) is 18.0 Å². The number of carbonyl (C=O) groups excluding carboxylic acids is 1. The first kappa shape index (κ1) is 17.1. The molecule has 3 aromatic rings. The zero-order valence-electron chi connectivity index (χ0n) is 13.9. The lowest BCUT2D eigenvalue weighted by molar-refractivity contribution is -0.115. The fourth-order valence-corrected chi connectivity index (χ4v) is 3.42. The molecule has 1 N–H and O–H groups in total. The van der Waals surface area contributed by atoms with Crippen LogP contribution in [0.2, 0.25) is 0 Å². The number of rotatable bonds is 5. The molecule has 0 aliphatic carbocycles. The number of aryl methyl sites for hydroxylation is 1. The third kappa shape index (κ3) is 4.03. The molecule has 1 heterocycles. The maximum absolute atomic E-state index is 13.6. The highest BCUT2D eigenvalue weighted by Gasteiger charge is 2.14. The number of para-hydroxylation sites is 1. The second-order valence-electron chi connectivity index (χ2n) is 5.46. The molecule has 3 rings (SSSR count). The van der Waals surface area contributed by atoms with Crippen molar-refractivity contribution in [1.29, 1.82) is 0 Å². The summed E-state index contributed by atoms with van der Waals surface area (Å²) in [5, 5.41) is 3.44. The molecule has 6 heteroatoms. The van der Waals surface area contributed by atoms with Crippen molar-refractivity contribution < 1.29 is 13.9 Å². The minimum Gasteiger partial charge on any atom is -0.497 e. The summed E-state index contributed by atoms with van der Waals surface area (Å²) in [6.07, 6.45) is 0.161. The highest BCUT2D eigenvalue weighted by atomic mass is 32.1. The van der Waals surface area contributed by atoms with Crippen molar-refractivity contribution in [2.24, 2.45) is 0 Å². The number of amides is 1. The summed E-state index contributed by atoms with van der Waals surface area (Å²) in [7, 11) is 1.62. The quantitative estimate of drug-likeness (QED) is 0.735. The van der Waals surface area contributed by atoms with Crippen LogP contribution in [0.1, 0.15) is 10.6 Å². The van der Waals surface area contributed by atoms with E-state index in [1.54, 1.807) is 19.2 Å². The Morgan fingerprint density at radius 3 is 2.60 bits per heavy atom. The average Bonchev–Trinajstić information content (AvgIpc) is 2.97. The minimum atomic E-state index is -0.448. The molecule has 1 aromatic heterocycles. The van der Waals surface area contributed by atoms with Crippen LogP contribution in [0.4, 0.5) is 10.1 Å². The summed E-state index contributed by atoms with van der Waals surface area (Å²) < 4.78 is 18.8. The molecule has 2 aromatic carbocycles. The molecule has 0 bridgehead atoms. The summed E-state index contributed by atoms with van der Waals surface area (Å²) in [5.41, 5.74) is 1.96. The number of carbonyl (C=O) groups is 1. The Balaban J connectivity index is 1.73. The summed E-state index contributed by atoms with van der Waals surface area (Å²) in [4.78, 5) is 17.6. The van der Waals surface area contributed by atoms with Gasteiger partial charge < -0.3 is 10.1 Å². The number of nitrogens with zero attached hydrogens (tertiary/aromatic N) is 1. The predicted octanol–water partition coefficient (Wildman–Crippen LogP) is 4.45. The van der Waals surface area contributed by atoms with E-state index in [0.717, 1.165) is 26.9 Å². The Hall–Kier alpha value is -2.73. The Labute approximate surface area is 149 Å². The molecule has 0 unspecified atom stereocenters. The summed E-state index contributed by atoms with van der Waals surface area (Å²) in [5.74, 6) is 0.0652. The predicted molar refractivity (Wildman–Crippen MR) is 97.6 cm³/mol. The molecule has 0 atom stereocenters. The van der Waals surface area contributed by atoms with Crippen molar-refractivity contribution >= 4 is 22.9 Å². The normalized spacial score (nSPS) is 10.5. The van der Waals surface area contributed by atoms with Crippen LogP contribution in [0.15, 0.2) is 48.5 Å². The van der Waals surface area contributed by atoms with Gasteiger partial charge in [0.25, 0.3) is 0 Å². The van der Waals surface area contributed by atoms with Crippen molar-refractivity contribution in [1.82, 2.24) is 4.98 Å². The number of benzene rings is 2. The lowest BCUT2D eigenvalue weighted by atomic mass is 10.2. The number of hydrogen-bond donors (Lipinski definition) is 1. The fourth-order valence-electron chi connectivity index (χ4n) is 2.35. The highest BCUT2D eigenvalue weighted by Crippen LogP contribution is 2.29. The molecule has 25 heavy (non-hydrogen) atoms. The van der Waals surface area contributed by atoms with Gasteiger partial charge in [-0.2, -0.15) is 0 Å². The topological polar surface area (TPSA) is 51.2 Å². The number of anilines is 1. The second-order valence-corrected chi connectivity index (χ2v) is 6.54. The Bertz CT molecular complexity index is 891. The van der Waals surface area contributed by atoms with E-state index < -0.39 is 5.82 Å². The van der Waals surface area contributed by atoms with Gasteiger partial charge in [-0.1, -0.05) is 12.1 Å². The van der Waals surface area contributed by atoms with Gasteiger partial charge >= 0.3 is 0 Å². The van der Waals surface area contributed by atoms with Crippen LogP contribution in [-0.2, 0) is 11.2 Å². The summed E-state index contributed by atoms with van der Waals surface area (Å²) >= 11 is 1.46. The van der Waals surface area contributed by atoms with Gasteiger partial charge in [-0.05, 0) is 43.3 Å². The number of aromatic nitrogens is 1. The molecule has 0 fully saturated rings. The standard InChI is InChI=1S/C19H17FN2O2S/c1-12-17(11-18(23)22-16-6-4-3-5-15(16)20)25-19(21-12)13-7-9-14(24-2)10-8-13/h3-10H,11H2,1-2H3,(H,22,23). The van der Waals surface area contributed by atoms with E-state index >= 15 is 0 Å². The maximum Gasteiger partial charge on any atom is 0.229 e. The van der Waals surface area contributed by atoms with Gasteiger partial charge in [0, 0.05) is 10.4 Å². The zero-order chi connectivity index (χ0) is 17.8. The number of nitrogens with one attached hydrogen (secondary N) is 1. The largest absolute Gasteiger partial charge is 0.497 e. The Morgan fingerprint density at radius 2 is 1.92 bits per heavy atom. The van der Waals surface area contributed by atoms with Crippen molar-refractivity contribution in [2.45, 2.75) is 13.3 Å². The first-order valence-corrected chi connectivity index (χ1v) is 8.53. The van der Waals surface area contributed by atoms with Crippen LogP contribution < -0.4 is 10.1 Å². The number of thiazole rings is 1. The van der Waals surface area contributed by atoms with Gasteiger partial charge in [-0.15, -0.1) is 11.3 Å². The van der Waals surface area contributed by atoms with E-state index in [4.69, 9.17) is 4.74 Å². The van der Waals surface area contributed by atoms with Gasteiger partial charge in [0.2, 0.25) is 5.91 Å². The van der Waals surface area contributed by atoms with Crippen molar-refractivity contribution in [3.05, 3.63) is 64.9 Å². The van der Waals surface area contributed by atoms with Crippen LogP contribution in [-0.4, -0.2) is 18.0 Å². The van der Waals surface area contributed by atoms with Gasteiger partial charge in [0.1, 0.15) is 16.6 Å². The van der Waals surface area contributed by atoms with Crippen LogP contribution in [0.5, 0.6) is 5.75 Å². The zero-order valence-corrected chi connectivity index (χ0v) is 14.7. The van der Waals surface area contributed by atoms with Gasteiger partial charge in [0.05, 0.1) is 24.9 Å². The van der Waals surface area contributed by atoms with E-state index in [2.05, 4.69) is 10.3 Å². The third-order valence-corrected chi connectivity index (χ3v) is 4.91. The highest BCUT2D eigenvalue weighted by molar-refractivity contribution is 7.15. The van der Waals surface area contributed by atoms with Gasteiger partial charge in [-0.3, -0.25) is 4.79 Å². The molecule has 0 aliphatic rings. The Morgan fingerprint density at radius 1 is 1.20 bits per heavy atom. The number of methoxy groups -OCH3 is 1. The SMILES string of the molecule is COc1ccc(-c2nc(C)c(CC(=O)Nc3ccccc3F)s2)cc1. The van der Waals surface area contributed by atoms with E-state index in [0.29, 0.717) is 0 Å². The first-order valence-electron chi connectivity index (χ1n) is 7.72. The number of hydrogen-bond acceptors (Lipinski definition) is 4.